The number of aromatic nitrogens is 2. The van der Waals surface area contributed by atoms with Crippen LogP contribution in [0, 0.1) is 0 Å². The highest BCUT2D eigenvalue weighted by molar-refractivity contribution is 5.76. The molecule has 0 aliphatic carbocycles. The van der Waals surface area contributed by atoms with Crippen LogP contribution < -0.4 is 10.1 Å². The minimum Gasteiger partial charge on any atom is -0.494 e. The average molecular weight is 436 g/mol. The zero-order chi connectivity index (χ0) is 22.6. The lowest BCUT2D eigenvalue weighted by Gasteiger charge is -2.11. The topological polar surface area (TPSA) is 56.2 Å². The van der Waals surface area contributed by atoms with E-state index in [2.05, 4.69) is 59.3 Å². The third-order valence-electron chi connectivity index (χ3n) is 5.74. The van der Waals surface area contributed by atoms with E-state index < -0.39 is 0 Å². The minimum atomic E-state index is 0.165. The maximum atomic E-state index is 11.6. The molecule has 0 saturated carbocycles. The summed E-state index contributed by atoms with van der Waals surface area (Å²) in [5, 5.41) is 3.00. The van der Waals surface area contributed by atoms with Gasteiger partial charge in [0.05, 0.1) is 17.6 Å². The van der Waals surface area contributed by atoms with Crippen LogP contribution >= 0.6 is 0 Å². The van der Waals surface area contributed by atoms with Gasteiger partial charge in [-0.3, -0.25) is 4.79 Å². The van der Waals surface area contributed by atoms with Crippen molar-refractivity contribution in [1.29, 1.82) is 0 Å². The van der Waals surface area contributed by atoms with Gasteiger partial charge >= 0.3 is 0 Å². The van der Waals surface area contributed by atoms with Crippen LogP contribution in [0.15, 0.2) is 48.5 Å². The van der Waals surface area contributed by atoms with Crippen molar-refractivity contribution in [3.8, 4) is 5.75 Å². The van der Waals surface area contributed by atoms with Crippen molar-refractivity contribution in [2.75, 3.05) is 13.2 Å². The number of nitrogens with zero attached hydrogens (tertiary/aromatic N) is 2. The Labute approximate surface area is 192 Å². The Balaban J connectivity index is 1.48. The van der Waals surface area contributed by atoms with Gasteiger partial charge in [0.25, 0.3) is 0 Å². The van der Waals surface area contributed by atoms with Gasteiger partial charge in [0.15, 0.2) is 0 Å². The van der Waals surface area contributed by atoms with Crippen LogP contribution in [0.2, 0.25) is 0 Å². The molecule has 2 aromatic carbocycles. The quantitative estimate of drug-likeness (QED) is 0.331. The highest BCUT2D eigenvalue weighted by Gasteiger charge is 2.10. The highest BCUT2D eigenvalue weighted by atomic mass is 16.5. The normalized spacial score (nSPS) is 11.1. The summed E-state index contributed by atoms with van der Waals surface area (Å²) in [5.41, 5.74) is 3.59. The molecule has 0 fully saturated rings. The molecule has 0 radical (unpaired) electrons. The molecule has 0 atom stereocenters. The van der Waals surface area contributed by atoms with Gasteiger partial charge in [-0.25, -0.2) is 4.98 Å². The summed E-state index contributed by atoms with van der Waals surface area (Å²) in [6.07, 6.45) is 7.64. The number of imidazole rings is 1. The Morgan fingerprint density at radius 1 is 1.00 bits per heavy atom. The number of unbranched alkanes of at least 4 members (excludes halogenated alkanes) is 2. The number of ether oxygens (including phenoxy) is 1. The van der Waals surface area contributed by atoms with E-state index in [-0.39, 0.29) is 5.91 Å². The van der Waals surface area contributed by atoms with Crippen LogP contribution in [0.3, 0.4) is 0 Å². The van der Waals surface area contributed by atoms with Crippen LogP contribution in [-0.2, 0) is 24.2 Å². The second-order valence-corrected chi connectivity index (χ2v) is 8.28. The Morgan fingerprint density at radius 2 is 1.81 bits per heavy atom. The monoisotopic (exact) mass is 435 g/mol. The predicted octanol–water partition coefficient (Wildman–Crippen LogP) is 5.70. The maximum Gasteiger partial charge on any atom is 0.219 e. The minimum absolute atomic E-state index is 0.165. The first-order valence-corrected chi connectivity index (χ1v) is 12.1. The largest absolute Gasteiger partial charge is 0.494 e. The van der Waals surface area contributed by atoms with E-state index in [0.717, 1.165) is 75.1 Å². The molecule has 1 N–H and O–H groups in total. The van der Waals surface area contributed by atoms with E-state index in [9.17, 15) is 4.79 Å². The van der Waals surface area contributed by atoms with Gasteiger partial charge in [0.2, 0.25) is 5.91 Å². The first-order chi connectivity index (χ1) is 15.7. The molecule has 3 rings (SSSR count). The van der Waals surface area contributed by atoms with E-state index >= 15 is 0 Å². The highest BCUT2D eigenvalue weighted by Crippen LogP contribution is 2.19. The number of para-hydroxylation sites is 2. The van der Waals surface area contributed by atoms with Gasteiger partial charge in [0.1, 0.15) is 11.6 Å². The zero-order valence-electron chi connectivity index (χ0n) is 19.6. The third-order valence-corrected chi connectivity index (χ3v) is 5.74. The summed E-state index contributed by atoms with van der Waals surface area (Å²) in [6.45, 7) is 6.55. The average Bonchev–Trinajstić information content (AvgIpc) is 3.17. The molecule has 1 amide bonds. The van der Waals surface area contributed by atoms with Crippen LogP contribution in [0.4, 0.5) is 0 Å². The third kappa shape index (κ3) is 7.11. The Bertz CT molecular complexity index is 963. The standard InChI is InChI=1S/C27H37N3O2/c1-3-11-27(31)28-19-9-5-6-14-26-29-24-12-7-8-13-25(24)30(26)20-10-21-32-23-17-15-22(4-2)16-18-23/h7-8,12-13,15-18H,3-6,9-11,14,19-21H2,1-2H3,(H,28,31). The molecule has 3 aromatic rings. The van der Waals surface area contributed by atoms with Crippen molar-refractivity contribution in [2.24, 2.45) is 0 Å². The summed E-state index contributed by atoms with van der Waals surface area (Å²) in [4.78, 5) is 16.4. The van der Waals surface area contributed by atoms with Gasteiger partial charge in [-0.05, 0) is 61.9 Å². The summed E-state index contributed by atoms with van der Waals surface area (Å²) in [7, 11) is 0. The first-order valence-electron chi connectivity index (χ1n) is 12.1. The Hall–Kier alpha value is -2.82. The van der Waals surface area contributed by atoms with Gasteiger partial charge in [0, 0.05) is 25.9 Å². The fourth-order valence-corrected chi connectivity index (χ4v) is 3.93. The molecular weight excluding hydrogens is 398 g/mol. The molecule has 1 aromatic heterocycles. The number of carbonyl (C=O) groups is 1. The molecule has 0 aliphatic heterocycles. The van der Waals surface area contributed by atoms with Crippen LogP contribution in [0.5, 0.6) is 5.75 Å². The number of hydrogen-bond acceptors (Lipinski definition) is 3. The smallest absolute Gasteiger partial charge is 0.219 e. The molecule has 0 spiro atoms. The van der Waals surface area contributed by atoms with Crippen LogP contribution in [-0.4, -0.2) is 28.6 Å². The molecule has 5 heteroatoms. The summed E-state index contributed by atoms with van der Waals surface area (Å²) >= 11 is 0. The van der Waals surface area contributed by atoms with Gasteiger partial charge < -0.3 is 14.6 Å². The van der Waals surface area contributed by atoms with E-state index in [4.69, 9.17) is 9.72 Å². The Kier molecular flexibility index (Phi) is 9.60. The van der Waals surface area contributed by atoms with Crippen LogP contribution in [0.1, 0.15) is 63.8 Å². The van der Waals surface area contributed by atoms with Crippen molar-refractivity contribution in [3.05, 3.63) is 59.9 Å². The number of hydrogen-bond donors (Lipinski definition) is 1. The second-order valence-electron chi connectivity index (χ2n) is 8.28. The van der Waals surface area contributed by atoms with Gasteiger partial charge in [-0.15, -0.1) is 0 Å². The van der Waals surface area contributed by atoms with Gasteiger partial charge in [-0.1, -0.05) is 44.5 Å². The number of benzene rings is 2. The summed E-state index contributed by atoms with van der Waals surface area (Å²) in [6, 6.07) is 16.7. The van der Waals surface area contributed by atoms with E-state index in [1.165, 1.54) is 11.1 Å². The number of carbonyl (C=O) groups excluding carboxylic acids is 1. The van der Waals surface area contributed by atoms with Crippen LogP contribution in [0.25, 0.3) is 11.0 Å². The van der Waals surface area contributed by atoms with Crippen molar-refractivity contribution in [2.45, 2.75) is 71.8 Å². The van der Waals surface area contributed by atoms with Crippen molar-refractivity contribution in [1.82, 2.24) is 14.9 Å². The van der Waals surface area contributed by atoms with E-state index in [1.807, 2.05) is 13.0 Å². The number of fused-ring (bicyclic) bond motifs is 1. The second kappa shape index (κ2) is 12.9. The fraction of sp³-hybridized carbons (Fsp3) is 0.481. The molecule has 0 unspecified atom stereocenters. The predicted molar refractivity (Wildman–Crippen MR) is 131 cm³/mol. The molecule has 0 aliphatic rings. The SMILES string of the molecule is CCCC(=O)NCCCCCc1nc2ccccc2n1CCCOc1ccc(CC)cc1. The fourth-order valence-electron chi connectivity index (χ4n) is 3.93. The molecule has 5 nitrogen and oxygen atoms in total. The van der Waals surface area contributed by atoms with Crippen molar-refractivity contribution in [3.63, 3.8) is 0 Å². The molecule has 1 heterocycles. The first kappa shape index (κ1) is 23.8. The lowest BCUT2D eigenvalue weighted by molar-refractivity contribution is -0.121. The molecule has 172 valence electrons. The van der Waals surface area contributed by atoms with Crippen molar-refractivity contribution < 1.29 is 9.53 Å². The molecular formula is C27H37N3O2. The maximum absolute atomic E-state index is 11.6. The number of aryl methyl sites for hydroxylation is 3. The number of amides is 1. The lowest BCUT2D eigenvalue weighted by atomic mass is 10.2. The number of rotatable bonds is 14. The summed E-state index contributed by atoms with van der Waals surface area (Å²) < 4.78 is 8.30. The summed E-state index contributed by atoms with van der Waals surface area (Å²) in [5.74, 6) is 2.25. The van der Waals surface area contributed by atoms with Gasteiger partial charge in [-0.2, -0.15) is 0 Å². The molecule has 0 saturated heterocycles. The Morgan fingerprint density at radius 3 is 2.59 bits per heavy atom. The van der Waals surface area contributed by atoms with E-state index in [0.29, 0.717) is 13.0 Å². The lowest BCUT2D eigenvalue weighted by Crippen LogP contribution is -2.23. The number of nitrogens with one attached hydrogen (secondary N) is 1. The zero-order valence-corrected chi connectivity index (χ0v) is 19.6. The molecule has 0 bridgehead atoms. The van der Waals surface area contributed by atoms with Crippen molar-refractivity contribution >= 4 is 16.9 Å². The molecule has 32 heavy (non-hydrogen) atoms. The van der Waals surface area contributed by atoms with E-state index in [1.54, 1.807) is 0 Å².